The van der Waals surface area contributed by atoms with Crippen LogP contribution in [0.5, 0.6) is 11.5 Å². The first-order valence-electron chi connectivity index (χ1n) is 8.24. The molecule has 28 heavy (non-hydrogen) atoms. The molecular weight excluding hydrogens is 404 g/mol. The highest BCUT2D eigenvalue weighted by Crippen LogP contribution is 2.38. The van der Waals surface area contributed by atoms with E-state index in [1.165, 1.54) is 26.4 Å². The zero-order valence-electron chi connectivity index (χ0n) is 15.7. The van der Waals surface area contributed by atoms with Gasteiger partial charge in [-0.05, 0) is 25.5 Å². The van der Waals surface area contributed by atoms with Crippen molar-refractivity contribution in [1.29, 1.82) is 0 Å². The zero-order valence-corrected chi connectivity index (χ0v) is 17.3. The summed E-state index contributed by atoms with van der Waals surface area (Å²) >= 11 is 6.25. The molecular formula is C19H19ClN2O5S. The van der Waals surface area contributed by atoms with Gasteiger partial charge in [0, 0.05) is 23.8 Å². The lowest BCUT2D eigenvalue weighted by Gasteiger charge is -2.16. The number of hydrogen-bond donors (Lipinski definition) is 1. The molecule has 0 unspecified atom stereocenters. The van der Waals surface area contributed by atoms with Crippen LogP contribution in [-0.2, 0) is 10.0 Å². The van der Waals surface area contributed by atoms with Gasteiger partial charge in [-0.25, -0.2) is 8.42 Å². The minimum absolute atomic E-state index is 0.0907. The second-order valence-corrected chi connectivity index (χ2v) is 8.16. The molecule has 0 amide bonds. The molecule has 0 aliphatic rings. The molecule has 0 radical (unpaired) electrons. The molecule has 1 aromatic heterocycles. The summed E-state index contributed by atoms with van der Waals surface area (Å²) in [4.78, 5) is 0.0907. The molecule has 0 aliphatic heterocycles. The Morgan fingerprint density at radius 2 is 1.82 bits per heavy atom. The summed E-state index contributed by atoms with van der Waals surface area (Å²) < 4.78 is 44.3. The van der Waals surface area contributed by atoms with Crippen LogP contribution >= 0.6 is 11.6 Å². The van der Waals surface area contributed by atoms with E-state index in [4.69, 9.17) is 25.6 Å². The van der Waals surface area contributed by atoms with Gasteiger partial charge in [-0.1, -0.05) is 28.9 Å². The number of rotatable bonds is 6. The van der Waals surface area contributed by atoms with Gasteiger partial charge in [-0.3, -0.25) is 4.72 Å². The van der Waals surface area contributed by atoms with Crippen molar-refractivity contribution in [2.45, 2.75) is 18.7 Å². The van der Waals surface area contributed by atoms with Crippen molar-refractivity contribution >= 4 is 27.3 Å². The minimum atomic E-state index is -3.96. The Morgan fingerprint density at radius 3 is 2.43 bits per heavy atom. The molecule has 2 aromatic carbocycles. The van der Waals surface area contributed by atoms with Gasteiger partial charge in [0.15, 0.2) is 5.76 Å². The summed E-state index contributed by atoms with van der Waals surface area (Å²) in [5.41, 5.74) is 1.99. The molecule has 0 spiro atoms. The summed E-state index contributed by atoms with van der Waals surface area (Å²) in [5.74, 6) is 1.17. The standard InChI is InChI=1S/C19H19ClN2O5S/c1-11-5-6-13(16-7-12(2)21-27-16)8-18(11)28(23,24)22-19-15(20)9-14(25-3)10-17(19)26-4/h5-10,22H,1-4H3. The third-order valence-corrected chi connectivity index (χ3v) is 5.90. The largest absolute Gasteiger partial charge is 0.497 e. The molecule has 3 aromatic rings. The molecule has 0 saturated heterocycles. The first-order chi connectivity index (χ1) is 13.2. The summed E-state index contributed by atoms with van der Waals surface area (Å²) in [5, 5.41) is 3.99. The van der Waals surface area contributed by atoms with E-state index < -0.39 is 10.0 Å². The van der Waals surface area contributed by atoms with Crippen LogP contribution in [0.1, 0.15) is 11.3 Å². The van der Waals surface area contributed by atoms with Crippen molar-refractivity contribution in [2.75, 3.05) is 18.9 Å². The third kappa shape index (κ3) is 3.93. The maximum atomic E-state index is 13.1. The second kappa shape index (κ2) is 7.73. The van der Waals surface area contributed by atoms with E-state index in [2.05, 4.69) is 9.88 Å². The number of aromatic nitrogens is 1. The Hall–Kier alpha value is -2.71. The van der Waals surface area contributed by atoms with Crippen LogP contribution in [0.2, 0.25) is 5.02 Å². The van der Waals surface area contributed by atoms with Gasteiger partial charge < -0.3 is 14.0 Å². The Bertz CT molecular complexity index is 1130. The molecule has 1 N–H and O–H groups in total. The molecule has 0 fully saturated rings. The highest BCUT2D eigenvalue weighted by molar-refractivity contribution is 7.92. The third-order valence-electron chi connectivity index (χ3n) is 4.11. The van der Waals surface area contributed by atoms with E-state index in [-0.39, 0.29) is 21.4 Å². The number of sulfonamides is 1. The molecule has 1 heterocycles. The topological polar surface area (TPSA) is 90.7 Å². The molecule has 0 aliphatic carbocycles. The van der Waals surface area contributed by atoms with Gasteiger partial charge in [0.1, 0.15) is 17.2 Å². The van der Waals surface area contributed by atoms with Crippen molar-refractivity contribution in [3.63, 3.8) is 0 Å². The quantitative estimate of drug-likeness (QED) is 0.631. The van der Waals surface area contributed by atoms with Crippen LogP contribution in [0, 0.1) is 13.8 Å². The van der Waals surface area contributed by atoms with Gasteiger partial charge in [0.25, 0.3) is 10.0 Å². The molecule has 9 heteroatoms. The maximum absolute atomic E-state index is 13.1. The number of benzene rings is 2. The fraction of sp³-hybridized carbons (Fsp3) is 0.211. The van der Waals surface area contributed by atoms with E-state index in [0.29, 0.717) is 28.3 Å². The van der Waals surface area contributed by atoms with E-state index >= 15 is 0 Å². The molecule has 148 valence electrons. The fourth-order valence-electron chi connectivity index (χ4n) is 2.67. The van der Waals surface area contributed by atoms with Crippen molar-refractivity contribution in [2.24, 2.45) is 0 Å². The summed E-state index contributed by atoms with van der Waals surface area (Å²) in [7, 11) is -1.06. The van der Waals surface area contributed by atoms with Crippen LogP contribution < -0.4 is 14.2 Å². The van der Waals surface area contributed by atoms with E-state index in [0.717, 1.165) is 0 Å². The Morgan fingerprint density at radius 1 is 1.07 bits per heavy atom. The average Bonchev–Trinajstić information content (AvgIpc) is 3.09. The minimum Gasteiger partial charge on any atom is -0.497 e. The molecule has 7 nitrogen and oxygen atoms in total. The van der Waals surface area contributed by atoms with Gasteiger partial charge >= 0.3 is 0 Å². The molecule has 0 atom stereocenters. The molecule has 0 saturated carbocycles. The Labute approximate surface area is 168 Å². The highest BCUT2D eigenvalue weighted by atomic mass is 35.5. The lowest BCUT2D eigenvalue weighted by atomic mass is 10.1. The van der Waals surface area contributed by atoms with Crippen molar-refractivity contribution < 1.29 is 22.4 Å². The predicted molar refractivity (Wildman–Crippen MR) is 107 cm³/mol. The highest BCUT2D eigenvalue weighted by Gasteiger charge is 2.23. The maximum Gasteiger partial charge on any atom is 0.262 e. The van der Waals surface area contributed by atoms with E-state index in [1.807, 2.05) is 0 Å². The number of ether oxygens (including phenoxy) is 2. The van der Waals surface area contributed by atoms with Crippen LogP contribution in [0.4, 0.5) is 5.69 Å². The smallest absolute Gasteiger partial charge is 0.262 e. The van der Waals surface area contributed by atoms with Crippen molar-refractivity contribution in [3.05, 3.63) is 52.7 Å². The number of anilines is 1. The SMILES string of the molecule is COc1cc(Cl)c(NS(=O)(=O)c2cc(-c3cc(C)no3)ccc2C)c(OC)c1. The monoisotopic (exact) mass is 422 g/mol. The van der Waals surface area contributed by atoms with Gasteiger partial charge in [-0.2, -0.15) is 0 Å². The summed E-state index contributed by atoms with van der Waals surface area (Å²) in [6, 6.07) is 9.79. The Balaban J connectivity index is 2.05. The number of halogens is 1. The Kier molecular flexibility index (Phi) is 5.53. The van der Waals surface area contributed by atoms with Crippen LogP contribution in [0.15, 0.2) is 45.8 Å². The summed E-state index contributed by atoms with van der Waals surface area (Å²) in [6.07, 6.45) is 0. The van der Waals surface area contributed by atoms with Crippen molar-refractivity contribution in [1.82, 2.24) is 5.16 Å². The molecule has 3 rings (SSSR count). The first kappa shape index (κ1) is 20.0. The number of nitrogens with zero attached hydrogens (tertiary/aromatic N) is 1. The molecule has 0 bridgehead atoms. The zero-order chi connectivity index (χ0) is 20.5. The van der Waals surface area contributed by atoms with Gasteiger partial charge in [0.05, 0.1) is 29.8 Å². The number of aryl methyl sites for hydroxylation is 2. The van der Waals surface area contributed by atoms with Crippen molar-refractivity contribution in [3.8, 4) is 22.8 Å². The number of hydrogen-bond acceptors (Lipinski definition) is 6. The lowest BCUT2D eigenvalue weighted by Crippen LogP contribution is -2.15. The number of methoxy groups -OCH3 is 2. The lowest BCUT2D eigenvalue weighted by molar-refractivity contribution is 0.395. The normalized spacial score (nSPS) is 11.3. The summed E-state index contributed by atoms with van der Waals surface area (Å²) in [6.45, 7) is 3.50. The fourth-order valence-corrected chi connectivity index (χ4v) is 4.33. The van der Waals surface area contributed by atoms with Crippen LogP contribution in [0.25, 0.3) is 11.3 Å². The second-order valence-electron chi connectivity index (χ2n) is 6.10. The van der Waals surface area contributed by atoms with E-state index in [1.54, 1.807) is 38.1 Å². The first-order valence-corrected chi connectivity index (χ1v) is 10.1. The van der Waals surface area contributed by atoms with E-state index in [9.17, 15) is 8.42 Å². The average molecular weight is 423 g/mol. The van der Waals surface area contributed by atoms with Crippen LogP contribution in [0.3, 0.4) is 0 Å². The predicted octanol–water partition coefficient (Wildman–Crippen LogP) is 4.43. The van der Waals surface area contributed by atoms with Crippen LogP contribution in [-0.4, -0.2) is 27.8 Å². The number of nitrogens with one attached hydrogen (secondary N) is 1. The van der Waals surface area contributed by atoms with Gasteiger partial charge in [-0.15, -0.1) is 0 Å². The van der Waals surface area contributed by atoms with Gasteiger partial charge in [0.2, 0.25) is 0 Å².